The molecule has 3 rings (SSSR count). The van der Waals surface area contributed by atoms with Gasteiger partial charge in [-0.15, -0.1) is 0 Å². The molecule has 98 valence electrons. The first kappa shape index (κ1) is 12.6. The topological polar surface area (TPSA) is 54.4 Å². The van der Waals surface area contributed by atoms with Crippen molar-refractivity contribution >= 4 is 29.2 Å². The molecule has 0 heterocycles. The lowest BCUT2D eigenvalue weighted by molar-refractivity contribution is 0.0990. The quantitative estimate of drug-likeness (QED) is 0.644. The Kier molecular flexibility index (Phi) is 2.92. The number of halogens is 1. The van der Waals surface area contributed by atoms with Gasteiger partial charge in [-0.1, -0.05) is 35.9 Å². The number of carbonyl (C=O) groups excluding carboxylic acids is 2. The number of Topliss-reactive ketones (excluding diaryl/α,β-unsaturated/α-hetero) is 2. The van der Waals surface area contributed by atoms with E-state index in [1.54, 1.807) is 24.3 Å². The van der Waals surface area contributed by atoms with E-state index in [0.29, 0.717) is 21.7 Å². The van der Waals surface area contributed by atoms with Crippen LogP contribution in [-0.4, -0.2) is 16.7 Å². The number of benzene rings is 2. The van der Waals surface area contributed by atoms with E-state index in [9.17, 15) is 14.7 Å². The summed E-state index contributed by atoms with van der Waals surface area (Å²) < 4.78 is 0. The van der Waals surface area contributed by atoms with Crippen molar-refractivity contribution in [3.63, 3.8) is 0 Å². The standard InChI is InChI=1S/C16H9ClO3/c17-10-5-6-14(18)9(7-10)8-13-15(19)11-3-1-2-4-12(11)16(13)20/h1-8,18H. The minimum atomic E-state index is -0.329. The molecule has 20 heavy (non-hydrogen) atoms. The largest absolute Gasteiger partial charge is 0.507 e. The number of hydrogen-bond acceptors (Lipinski definition) is 3. The van der Waals surface area contributed by atoms with Gasteiger partial charge >= 0.3 is 0 Å². The number of hydrogen-bond donors (Lipinski definition) is 1. The number of aromatic hydroxyl groups is 1. The average molecular weight is 285 g/mol. The van der Waals surface area contributed by atoms with Crippen LogP contribution in [0, 0.1) is 0 Å². The molecule has 0 saturated heterocycles. The van der Waals surface area contributed by atoms with Crippen molar-refractivity contribution in [2.75, 3.05) is 0 Å². The van der Waals surface area contributed by atoms with Gasteiger partial charge in [0, 0.05) is 21.7 Å². The van der Waals surface area contributed by atoms with E-state index in [1.165, 1.54) is 24.3 Å². The highest BCUT2D eigenvalue weighted by molar-refractivity contribution is 6.41. The van der Waals surface area contributed by atoms with Gasteiger partial charge in [0.1, 0.15) is 5.75 Å². The van der Waals surface area contributed by atoms with Crippen LogP contribution in [0.15, 0.2) is 48.0 Å². The van der Waals surface area contributed by atoms with Gasteiger partial charge in [-0.25, -0.2) is 0 Å². The Labute approximate surface area is 120 Å². The molecule has 1 N–H and O–H groups in total. The number of allylic oxidation sites excluding steroid dienone is 1. The summed E-state index contributed by atoms with van der Waals surface area (Å²) in [7, 11) is 0. The normalized spacial score (nSPS) is 13.6. The van der Waals surface area contributed by atoms with Crippen LogP contribution in [0.3, 0.4) is 0 Å². The molecule has 3 nitrogen and oxygen atoms in total. The number of phenols is 1. The third-order valence-corrected chi connectivity index (χ3v) is 3.43. The lowest BCUT2D eigenvalue weighted by Gasteiger charge is -2.00. The second-order valence-corrected chi connectivity index (χ2v) is 4.90. The maximum Gasteiger partial charge on any atom is 0.197 e. The molecule has 0 atom stereocenters. The van der Waals surface area contributed by atoms with Crippen molar-refractivity contribution in [3.8, 4) is 5.75 Å². The van der Waals surface area contributed by atoms with Crippen molar-refractivity contribution in [1.29, 1.82) is 0 Å². The van der Waals surface area contributed by atoms with Crippen LogP contribution in [0.2, 0.25) is 5.02 Å². The number of phenolic OH excluding ortho intramolecular Hbond substituents is 1. The zero-order chi connectivity index (χ0) is 14.3. The van der Waals surface area contributed by atoms with Gasteiger partial charge in [0.25, 0.3) is 0 Å². The Morgan fingerprint density at radius 1 is 0.950 bits per heavy atom. The second-order valence-electron chi connectivity index (χ2n) is 4.46. The zero-order valence-electron chi connectivity index (χ0n) is 10.3. The molecule has 0 radical (unpaired) electrons. The van der Waals surface area contributed by atoms with E-state index in [-0.39, 0.29) is 22.9 Å². The van der Waals surface area contributed by atoms with Gasteiger partial charge in [-0.3, -0.25) is 9.59 Å². The van der Waals surface area contributed by atoms with E-state index in [1.807, 2.05) is 0 Å². The Morgan fingerprint density at radius 3 is 2.15 bits per heavy atom. The van der Waals surface area contributed by atoms with Gasteiger partial charge in [-0.2, -0.15) is 0 Å². The first-order chi connectivity index (χ1) is 9.58. The molecule has 0 aliphatic heterocycles. The monoisotopic (exact) mass is 284 g/mol. The van der Waals surface area contributed by atoms with Crippen LogP contribution < -0.4 is 0 Å². The smallest absolute Gasteiger partial charge is 0.197 e. The Bertz CT molecular complexity index is 738. The third kappa shape index (κ3) is 1.92. The zero-order valence-corrected chi connectivity index (χ0v) is 11.0. The number of carbonyl (C=O) groups is 2. The van der Waals surface area contributed by atoms with E-state index in [2.05, 4.69) is 0 Å². The average Bonchev–Trinajstić information content (AvgIpc) is 2.68. The Hall–Kier alpha value is -2.39. The maximum atomic E-state index is 12.2. The molecule has 0 spiro atoms. The summed E-state index contributed by atoms with van der Waals surface area (Å²) in [6.07, 6.45) is 1.38. The highest BCUT2D eigenvalue weighted by Gasteiger charge is 2.32. The fourth-order valence-corrected chi connectivity index (χ4v) is 2.38. The molecular weight excluding hydrogens is 276 g/mol. The SMILES string of the molecule is O=C1C(=Cc2cc(Cl)ccc2O)C(=O)c2ccccc21. The van der Waals surface area contributed by atoms with Crippen molar-refractivity contribution in [1.82, 2.24) is 0 Å². The van der Waals surface area contributed by atoms with E-state index >= 15 is 0 Å². The Balaban J connectivity index is 2.13. The van der Waals surface area contributed by atoms with Crippen LogP contribution in [0.25, 0.3) is 6.08 Å². The minimum absolute atomic E-state index is 0.0292. The van der Waals surface area contributed by atoms with E-state index in [0.717, 1.165) is 0 Å². The minimum Gasteiger partial charge on any atom is -0.507 e. The van der Waals surface area contributed by atoms with Crippen LogP contribution in [-0.2, 0) is 0 Å². The van der Waals surface area contributed by atoms with Crippen LogP contribution in [0.1, 0.15) is 26.3 Å². The molecule has 2 aromatic carbocycles. The molecule has 4 heteroatoms. The van der Waals surface area contributed by atoms with Gasteiger partial charge in [0.15, 0.2) is 11.6 Å². The van der Waals surface area contributed by atoms with Gasteiger partial charge < -0.3 is 5.11 Å². The summed E-state index contributed by atoms with van der Waals surface area (Å²) in [5, 5.41) is 10.2. The molecule has 0 saturated carbocycles. The fraction of sp³-hybridized carbons (Fsp3) is 0. The molecular formula is C16H9ClO3. The highest BCUT2D eigenvalue weighted by Crippen LogP contribution is 2.30. The molecule has 1 aliphatic rings. The van der Waals surface area contributed by atoms with Crippen molar-refractivity contribution in [3.05, 3.63) is 69.8 Å². The Morgan fingerprint density at radius 2 is 1.55 bits per heavy atom. The van der Waals surface area contributed by atoms with Crippen LogP contribution in [0.4, 0.5) is 0 Å². The summed E-state index contributed by atoms with van der Waals surface area (Å²) in [6, 6.07) is 11.1. The molecule has 1 aliphatic carbocycles. The summed E-state index contributed by atoms with van der Waals surface area (Å²) >= 11 is 5.85. The lowest BCUT2D eigenvalue weighted by Crippen LogP contribution is -2.00. The molecule has 0 amide bonds. The third-order valence-electron chi connectivity index (χ3n) is 3.19. The summed E-state index contributed by atoms with van der Waals surface area (Å²) in [5.41, 5.74) is 1.18. The first-order valence-corrected chi connectivity index (χ1v) is 6.34. The molecule has 0 aromatic heterocycles. The van der Waals surface area contributed by atoms with Gasteiger partial charge in [0.2, 0.25) is 0 Å². The van der Waals surface area contributed by atoms with Gasteiger partial charge in [0.05, 0.1) is 5.57 Å². The predicted molar refractivity (Wildman–Crippen MR) is 76.2 cm³/mol. The summed E-state index contributed by atoms with van der Waals surface area (Å²) in [4.78, 5) is 24.4. The van der Waals surface area contributed by atoms with Crippen molar-refractivity contribution in [2.45, 2.75) is 0 Å². The number of fused-ring (bicyclic) bond motifs is 1. The molecule has 0 bridgehead atoms. The fourth-order valence-electron chi connectivity index (χ4n) is 2.20. The van der Waals surface area contributed by atoms with Crippen LogP contribution >= 0.6 is 11.6 Å². The number of rotatable bonds is 1. The highest BCUT2D eigenvalue weighted by atomic mass is 35.5. The summed E-state index contributed by atoms with van der Waals surface area (Å²) in [5.74, 6) is -0.687. The predicted octanol–water partition coefficient (Wildman–Crippen LogP) is 3.51. The molecule has 0 fully saturated rings. The number of ketones is 2. The summed E-state index contributed by atoms with van der Waals surface area (Å²) in [6.45, 7) is 0. The maximum absolute atomic E-state index is 12.2. The van der Waals surface area contributed by atoms with Crippen LogP contribution in [0.5, 0.6) is 5.75 Å². The van der Waals surface area contributed by atoms with E-state index in [4.69, 9.17) is 11.6 Å². The first-order valence-electron chi connectivity index (χ1n) is 5.96. The van der Waals surface area contributed by atoms with Crippen molar-refractivity contribution < 1.29 is 14.7 Å². The van der Waals surface area contributed by atoms with E-state index < -0.39 is 0 Å². The molecule has 2 aromatic rings. The van der Waals surface area contributed by atoms with Crippen molar-refractivity contribution in [2.24, 2.45) is 0 Å². The molecule has 0 unspecified atom stereocenters. The lowest BCUT2D eigenvalue weighted by atomic mass is 10.1. The van der Waals surface area contributed by atoms with Gasteiger partial charge in [-0.05, 0) is 24.3 Å². The second kappa shape index (κ2) is 4.62.